The van der Waals surface area contributed by atoms with Crippen molar-refractivity contribution < 1.29 is 53.4 Å². The van der Waals surface area contributed by atoms with Crippen LogP contribution in [0.4, 0.5) is 5.13 Å². The second-order valence-corrected chi connectivity index (χ2v) is 24.1. The highest BCUT2D eigenvalue weighted by Gasteiger charge is 2.40. The average Bonchev–Trinajstić information content (AvgIpc) is 4.18. The van der Waals surface area contributed by atoms with Crippen LogP contribution in [0.15, 0.2) is 98.5 Å². The number of thioether (sulfide) groups is 4. The van der Waals surface area contributed by atoms with Gasteiger partial charge in [0, 0.05) is 0 Å². The molecule has 20 nitrogen and oxygen atoms in total. The lowest BCUT2D eigenvalue weighted by molar-refractivity contribution is -0.115. The van der Waals surface area contributed by atoms with E-state index in [0.717, 1.165) is 78.6 Å². The van der Waals surface area contributed by atoms with Gasteiger partial charge in [0.1, 0.15) is 34.8 Å². The summed E-state index contributed by atoms with van der Waals surface area (Å²) in [5.74, 6) is 1.12. The lowest BCUT2D eigenvalue weighted by atomic mass is 9.77. The van der Waals surface area contributed by atoms with Crippen molar-refractivity contribution in [2.75, 3.05) is 11.5 Å². The molecule has 0 bridgehead atoms. The molecule has 30 heteroatoms. The summed E-state index contributed by atoms with van der Waals surface area (Å²) in [6.45, 7) is 5.95. The molecule has 11 rings (SSSR count). The number of carbonyl (C=O) groups excluding carboxylic acids is 1. The molecule has 7 aromatic rings. The van der Waals surface area contributed by atoms with E-state index in [9.17, 15) is 29.7 Å². The molecule has 3 aromatic heterocycles. The Kier molecular flexibility index (Phi) is 20.3. The number of amides is 1. The Morgan fingerprint density at radius 2 is 1.13 bits per heavy atom. The van der Waals surface area contributed by atoms with Crippen LogP contribution in [0, 0.1) is 20.8 Å². The fourth-order valence-electron chi connectivity index (χ4n) is 8.00. The number of nitrogens with two attached hydrogens (primary N) is 2. The number of aromatic carboxylic acids is 1. The van der Waals surface area contributed by atoms with Crippen LogP contribution in [-0.4, -0.2) is 127 Å². The van der Waals surface area contributed by atoms with Crippen LogP contribution in [0.5, 0.6) is 23.0 Å². The number of aromatic amines is 1. The van der Waals surface area contributed by atoms with Crippen LogP contribution in [0.1, 0.15) is 56.7 Å². The Hall–Kier alpha value is -5.42. The first-order valence-corrected chi connectivity index (χ1v) is 28.1. The van der Waals surface area contributed by atoms with Crippen LogP contribution in [0.3, 0.4) is 0 Å². The summed E-state index contributed by atoms with van der Waals surface area (Å²) in [4.78, 5) is 25.8. The van der Waals surface area contributed by atoms with Gasteiger partial charge in [-0.1, -0.05) is 132 Å². The van der Waals surface area contributed by atoms with E-state index >= 15 is 0 Å². The predicted octanol–water partition coefficient (Wildman–Crippen LogP) is 5.30. The first-order valence-electron chi connectivity index (χ1n) is 22.7. The largest absolute Gasteiger partial charge is 0.537 e. The van der Waals surface area contributed by atoms with Crippen LogP contribution in [-0.2, 0) is 30.5 Å². The van der Waals surface area contributed by atoms with Gasteiger partial charge in [0.2, 0.25) is 11.0 Å². The number of nitrogens with zero attached hydrogens (tertiary/aromatic N) is 6. The molecule has 0 spiro atoms. The number of benzene rings is 4. The van der Waals surface area contributed by atoms with Gasteiger partial charge < -0.3 is 55.3 Å². The van der Waals surface area contributed by atoms with Gasteiger partial charge in [-0.3, -0.25) is 9.89 Å². The highest BCUT2D eigenvalue weighted by atomic mass is 32.2. The molecule has 4 aromatic carbocycles. The summed E-state index contributed by atoms with van der Waals surface area (Å²) in [6, 6.07) is 22.9. The molecule has 0 aliphatic carbocycles. The van der Waals surface area contributed by atoms with Crippen molar-refractivity contribution in [1.29, 1.82) is 0 Å². The number of carboxylic acids is 1. The molecular formula is C45H51B4N9O11S6. The number of primary amides is 1. The summed E-state index contributed by atoms with van der Waals surface area (Å²) in [7, 11) is -3.62. The number of fused-ring (bicyclic) bond motifs is 4. The Bertz CT molecular complexity index is 2930. The zero-order valence-electron chi connectivity index (χ0n) is 39.7. The number of hydrogen-bond donors (Lipinski definition) is 8. The Balaban J connectivity index is 0.000000145. The van der Waals surface area contributed by atoms with Gasteiger partial charge in [-0.2, -0.15) is 5.10 Å². The second-order valence-electron chi connectivity index (χ2n) is 16.8. The molecule has 0 saturated heterocycles. The molecule has 4 aliphatic rings. The Morgan fingerprint density at radius 3 is 1.59 bits per heavy atom. The summed E-state index contributed by atoms with van der Waals surface area (Å²) in [6.07, 6.45) is 4.15. The number of hydrogen-bond acceptors (Lipinski definition) is 23. The summed E-state index contributed by atoms with van der Waals surface area (Å²) in [5, 5.41) is 71.7. The van der Waals surface area contributed by atoms with Gasteiger partial charge in [-0.15, -0.1) is 32.2 Å². The first-order chi connectivity index (χ1) is 35.6. The van der Waals surface area contributed by atoms with E-state index in [2.05, 4.69) is 35.6 Å². The molecule has 4 atom stereocenters. The quantitative estimate of drug-likeness (QED) is 0.0806. The number of carboxylic acid groups (broad SMARTS) is 1. The minimum atomic E-state index is -1.16. The van der Waals surface area contributed by atoms with E-state index < -0.39 is 40.4 Å². The number of rotatable bonds is 10. The van der Waals surface area contributed by atoms with Gasteiger partial charge in [-0.25, -0.2) is 9.78 Å². The van der Waals surface area contributed by atoms with Crippen molar-refractivity contribution in [2.45, 2.75) is 88.3 Å². The molecule has 0 unspecified atom stereocenters. The molecular weight excluding hydrogens is 1080 g/mol. The first kappa shape index (κ1) is 57.3. The predicted molar refractivity (Wildman–Crippen MR) is 298 cm³/mol. The van der Waals surface area contributed by atoms with E-state index in [1.165, 1.54) is 82.1 Å². The monoisotopic (exact) mass is 1130 g/mol. The number of para-hydroxylation sites is 4. The number of aryl methyl sites for hydroxylation is 3. The molecule has 1 amide bonds. The van der Waals surface area contributed by atoms with Crippen molar-refractivity contribution in [3.8, 4) is 23.0 Å². The SMILES string of the molecule is C.Cc1cccc2c1OB(O)[C@@H](Sc1ncn[nH]1)C2.Cc1cccc2c1OB(O)[C@@H](Sc1nnc(N)s1)C2.Cc1cccc2c1OB(O)[C@@H](Sc1nncs1)C2.NC(=O)CS[C@H]1Cc2cccc(C(=O)O)c2OB1O. The van der Waals surface area contributed by atoms with Crippen molar-refractivity contribution in [3.63, 3.8) is 0 Å². The molecule has 0 radical (unpaired) electrons. The molecule has 10 N–H and O–H groups in total. The van der Waals surface area contributed by atoms with Crippen molar-refractivity contribution in [2.24, 2.45) is 5.73 Å². The second kappa shape index (κ2) is 26.6. The van der Waals surface area contributed by atoms with Crippen molar-refractivity contribution in [1.82, 2.24) is 35.6 Å². The van der Waals surface area contributed by atoms with Crippen LogP contribution < -0.4 is 30.1 Å². The van der Waals surface area contributed by atoms with E-state index in [4.69, 9.17) is 35.2 Å². The van der Waals surface area contributed by atoms with Gasteiger partial charge in [0.25, 0.3) is 0 Å². The number of nitrogen functional groups attached to an aromatic ring is 1. The topological polar surface area (TPSA) is 317 Å². The molecule has 390 valence electrons. The minimum Gasteiger partial charge on any atom is -0.535 e. The van der Waals surface area contributed by atoms with Crippen molar-refractivity contribution in [3.05, 3.63) is 129 Å². The maximum atomic E-state index is 11.0. The third-order valence-electron chi connectivity index (χ3n) is 11.5. The van der Waals surface area contributed by atoms with E-state index in [0.29, 0.717) is 22.3 Å². The molecule has 7 heterocycles. The number of anilines is 1. The normalized spacial score (nSPS) is 17.8. The lowest BCUT2D eigenvalue weighted by Gasteiger charge is -2.27. The van der Waals surface area contributed by atoms with Crippen LogP contribution >= 0.6 is 69.7 Å². The third kappa shape index (κ3) is 15.0. The standard InChI is InChI=1S/C11H12BN3O2S2.C11H12BN3O2S.C11H11BN2O2S2.C11H12BNO5S.CH4/c1-6-3-2-4-7-5-8(12(16)17-9(6)7)18-11-15-14-10(13)19-11;1-7-3-2-4-8-5-9(12(16)17-10(7)8)18-11-13-6-14-15-11;1-7-3-2-4-8-5-9(12(15)16-10(7)8)18-11-14-13-6-17-11;13-9(14)5-19-8-4-6-2-1-3-7(11(15)16)10(6)18-12(8)17;/h2-4,8,16H,5H2,1H3,(H2,13,14);2-4,6,9,16H,5H2,1H3,(H,13,14,15);2-4,6,9,15H,5H2,1H3;1-3,8,17H,4-5H2,(H2,13,14)(H,15,16);1H4/t8-;2*9-;8-;/m0000./s1. The summed E-state index contributed by atoms with van der Waals surface area (Å²) in [5.41, 5.74) is 19.5. The maximum Gasteiger partial charge on any atom is 0.537 e. The zero-order valence-corrected chi connectivity index (χ0v) is 44.6. The minimum absolute atomic E-state index is 0. The van der Waals surface area contributed by atoms with Gasteiger partial charge in [0.15, 0.2) is 13.8 Å². The molecule has 0 fully saturated rings. The van der Waals surface area contributed by atoms with Crippen LogP contribution in [0.25, 0.3) is 0 Å². The fraction of sp³-hybridized carbons (Fsp3) is 0.289. The van der Waals surface area contributed by atoms with Crippen molar-refractivity contribution >= 4 is 115 Å². The Morgan fingerprint density at radius 1 is 0.667 bits per heavy atom. The van der Waals surface area contributed by atoms with E-state index in [1.807, 2.05) is 75.4 Å². The molecule has 4 aliphatic heterocycles. The van der Waals surface area contributed by atoms with Gasteiger partial charge in [-0.05, 0) is 91.5 Å². The molecule has 75 heavy (non-hydrogen) atoms. The number of nitrogens with one attached hydrogen (secondary N) is 1. The number of H-pyrrole nitrogens is 1. The Labute approximate surface area is 458 Å². The number of aromatic nitrogens is 7. The van der Waals surface area contributed by atoms with Crippen LogP contribution in [0.2, 0.25) is 0 Å². The fourth-order valence-corrected chi connectivity index (χ4v) is 13.6. The smallest absolute Gasteiger partial charge is 0.535 e. The highest BCUT2D eigenvalue weighted by molar-refractivity contribution is 8.03. The van der Waals surface area contributed by atoms with Gasteiger partial charge in [0.05, 0.1) is 31.9 Å². The lowest BCUT2D eigenvalue weighted by Crippen LogP contribution is -2.41. The zero-order chi connectivity index (χ0) is 52.5. The summed E-state index contributed by atoms with van der Waals surface area (Å²) < 4.78 is 23.7. The number of carbonyl (C=O) groups is 2. The van der Waals surface area contributed by atoms with E-state index in [-0.39, 0.29) is 45.1 Å². The summed E-state index contributed by atoms with van der Waals surface area (Å²) >= 11 is 8.41. The third-order valence-corrected chi connectivity index (χ3v) is 18.0. The highest BCUT2D eigenvalue weighted by Crippen LogP contribution is 2.40. The average molecular weight is 1130 g/mol. The molecule has 0 saturated carbocycles. The van der Waals surface area contributed by atoms with Gasteiger partial charge >= 0.3 is 34.4 Å². The maximum absolute atomic E-state index is 11.0. The van der Waals surface area contributed by atoms with E-state index in [1.54, 1.807) is 17.6 Å².